The molecule has 0 bridgehead atoms. The van der Waals surface area contributed by atoms with Gasteiger partial charge in [-0.3, -0.25) is 0 Å². The molecule has 4 nitrogen and oxygen atoms in total. The first-order valence-electron chi connectivity index (χ1n) is 5.93. The van der Waals surface area contributed by atoms with Crippen molar-refractivity contribution in [2.24, 2.45) is 0 Å². The van der Waals surface area contributed by atoms with Gasteiger partial charge in [0.1, 0.15) is 16.5 Å². The second-order valence-corrected chi connectivity index (χ2v) is 6.80. The number of ether oxygens (including phenoxy) is 1. The van der Waals surface area contributed by atoms with Gasteiger partial charge in [-0.15, -0.1) is 0 Å². The fourth-order valence-corrected chi connectivity index (χ4v) is 3.53. The molecule has 0 unspecified atom stereocenters. The van der Waals surface area contributed by atoms with Crippen molar-refractivity contribution in [3.05, 3.63) is 52.8 Å². The predicted octanol–water partition coefficient (Wildman–Crippen LogP) is 3.04. The molecule has 7 heteroatoms. The Kier molecular flexibility index (Phi) is 4.39. The highest BCUT2D eigenvalue weighted by Gasteiger charge is 2.22. The van der Waals surface area contributed by atoms with E-state index in [0.29, 0.717) is 16.3 Å². The van der Waals surface area contributed by atoms with Crippen LogP contribution in [0.3, 0.4) is 0 Å². The van der Waals surface area contributed by atoms with Crippen LogP contribution >= 0.6 is 11.6 Å². The van der Waals surface area contributed by atoms with E-state index in [2.05, 4.69) is 0 Å². The number of halogens is 2. The lowest BCUT2D eigenvalue weighted by Gasteiger charge is -2.10. The molecular formula is C14H13ClFNO3S. The SMILES string of the molecule is COc1ccc(Cl)cc1CS(=O)(=O)c1ccc(N)cc1F. The van der Waals surface area contributed by atoms with E-state index in [9.17, 15) is 12.8 Å². The minimum absolute atomic E-state index is 0.159. The molecule has 0 heterocycles. The summed E-state index contributed by atoms with van der Waals surface area (Å²) in [6.45, 7) is 0. The lowest BCUT2D eigenvalue weighted by molar-refractivity contribution is 0.411. The lowest BCUT2D eigenvalue weighted by atomic mass is 10.2. The maximum absolute atomic E-state index is 13.8. The van der Waals surface area contributed by atoms with E-state index >= 15 is 0 Å². The van der Waals surface area contributed by atoms with Gasteiger partial charge in [0.25, 0.3) is 0 Å². The number of benzene rings is 2. The fourth-order valence-electron chi connectivity index (χ4n) is 1.91. The van der Waals surface area contributed by atoms with Crippen molar-refractivity contribution in [3.63, 3.8) is 0 Å². The van der Waals surface area contributed by atoms with Crippen LogP contribution < -0.4 is 10.5 Å². The van der Waals surface area contributed by atoms with Crippen molar-refractivity contribution in [2.45, 2.75) is 10.6 Å². The summed E-state index contributed by atoms with van der Waals surface area (Å²) in [5.41, 5.74) is 5.94. The molecule has 0 amide bonds. The van der Waals surface area contributed by atoms with Crippen LogP contribution in [0.5, 0.6) is 5.75 Å². The van der Waals surface area contributed by atoms with Crippen LogP contribution in [0.15, 0.2) is 41.3 Å². The van der Waals surface area contributed by atoms with Crippen LogP contribution in [-0.2, 0) is 15.6 Å². The molecule has 0 atom stereocenters. The molecule has 2 aromatic rings. The smallest absolute Gasteiger partial charge is 0.185 e. The number of rotatable bonds is 4. The van der Waals surface area contributed by atoms with E-state index < -0.39 is 26.3 Å². The number of nitrogen functional groups attached to an aromatic ring is 1. The number of anilines is 1. The summed E-state index contributed by atoms with van der Waals surface area (Å²) in [6, 6.07) is 8.09. The lowest BCUT2D eigenvalue weighted by Crippen LogP contribution is -2.08. The van der Waals surface area contributed by atoms with Gasteiger partial charge in [-0.25, -0.2) is 12.8 Å². The largest absolute Gasteiger partial charge is 0.496 e. The summed E-state index contributed by atoms with van der Waals surface area (Å²) >= 11 is 5.86. The van der Waals surface area contributed by atoms with E-state index in [4.69, 9.17) is 22.1 Å². The standard InChI is InChI=1S/C14H13ClFNO3S/c1-20-13-4-2-10(15)6-9(13)8-21(18,19)14-5-3-11(17)7-12(14)16/h2-7H,8,17H2,1H3. The Bertz CT molecular complexity index is 778. The van der Waals surface area contributed by atoms with Gasteiger partial charge in [-0.2, -0.15) is 0 Å². The van der Waals surface area contributed by atoms with E-state index in [0.717, 1.165) is 12.1 Å². The van der Waals surface area contributed by atoms with Gasteiger partial charge in [-0.05, 0) is 36.4 Å². The molecular weight excluding hydrogens is 317 g/mol. The van der Waals surface area contributed by atoms with Crippen molar-refractivity contribution in [2.75, 3.05) is 12.8 Å². The molecule has 0 aliphatic heterocycles. The Morgan fingerprint density at radius 3 is 2.57 bits per heavy atom. The van der Waals surface area contributed by atoms with E-state index in [1.807, 2.05) is 0 Å². The summed E-state index contributed by atoms with van der Waals surface area (Å²) in [6.07, 6.45) is 0. The summed E-state index contributed by atoms with van der Waals surface area (Å²) in [5, 5.41) is 0.374. The molecule has 2 rings (SSSR count). The van der Waals surface area contributed by atoms with Crippen molar-refractivity contribution in [1.29, 1.82) is 0 Å². The average Bonchev–Trinajstić information content (AvgIpc) is 2.37. The summed E-state index contributed by atoms with van der Waals surface area (Å²) < 4.78 is 43.6. The molecule has 0 saturated heterocycles. The minimum atomic E-state index is -3.88. The molecule has 0 spiro atoms. The number of nitrogens with two attached hydrogens (primary N) is 1. The highest BCUT2D eigenvalue weighted by Crippen LogP contribution is 2.28. The van der Waals surface area contributed by atoms with Gasteiger partial charge in [0, 0.05) is 16.3 Å². The zero-order valence-electron chi connectivity index (χ0n) is 11.1. The first-order chi connectivity index (χ1) is 9.83. The van der Waals surface area contributed by atoms with E-state index in [-0.39, 0.29) is 5.69 Å². The van der Waals surface area contributed by atoms with E-state index in [1.54, 1.807) is 12.1 Å². The van der Waals surface area contributed by atoms with Crippen LogP contribution in [-0.4, -0.2) is 15.5 Å². The van der Waals surface area contributed by atoms with Gasteiger partial charge >= 0.3 is 0 Å². The van der Waals surface area contributed by atoms with Crippen molar-refractivity contribution < 1.29 is 17.5 Å². The molecule has 21 heavy (non-hydrogen) atoms. The van der Waals surface area contributed by atoms with Crippen LogP contribution in [0.1, 0.15) is 5.56 Å². The van der Waals surface area contributed by atoms with Gasteiger partial charge < -0.3 is 10.5 Å². The van der Waals surface area contributed by atoms with Crippen LogP contribution in [0.2, 0.25) is 5.02 Å². The summed E-state index contributed by atoms with van der Waals surface area (Å²) in [5.74, 6) is -0.924. The second kappa shape index (κ2) is 5.91. The number of methoxy groups -OCH3 is 1. The summed E-state index contributed by atoms with van der Waals surface area (Å²) in [4.78, 5) is -0.404. The molecule has 0 aliphatic carbocycles. The van der Waals surface area contributed by atoms with Crippen LogP contribution in [0, 0.1) is 5.82 Å². The quantitative estimate of drug-likeness (QED) is 0.875. The molecule has 0 fully saturated rings. The molecule has 2 aromatic carbocycles. The predicted molar refractivity (Wildman–Crippen MR) is 79.7 cm³/mol. The number of hydrogen-bond acceptors (Lipinski definition) is 4. The maximum atomic E-state index is 13.8. The van der Waals surface area contributed by atoms with Crippen LogP contribution in [0.25, 0.3) is 0 Å². The summed E-state index contributed by atoms with van der Waals surface area (Å²) in [7, 11) is -2.46. The molecule has 0 saturated carbocycles. The molecule has 112 valence electrons. The van der Waals surface area contributed by atoms with Gasteiger partial charge in [0.2, 0.25) is 0 Å². The minimum Gasteiger partial charge on any atom is -0.496 e. The Hall–Kier alpha value is -1.79. The van der Waals surface area contributed by atoms with E-state index in [1.165, 1.54) is 19.2 Å². The topological polar surface area (TPSA) is 69.4 Å². The Morgan fingerprint density at radius 2 is 1.95 bits per heavy atom. The first kappa shape index (κ1) is 15.6. The Labute approximate surface area is 127 Å². The van der Waals surface area contributed by atoms with Crippen molar-refractivity contribution >= 4 is 27.1 Å². The highest BCUT2D eigenvalue weighted by molar-refractivity contribution is 7.90. The molecule has 0 aliphatic rings. The number of hydrogen-bond donors (Lipinski definition) is 1. The van der Waals surface area contributed by atoms with Crippen LogP contribution in [0.4, 0.5) is 10.1 Å². The maximum Gasteiger partial charge on any atom is 0.185 e. The molecule has 0 aromatic heterocycles. The Balaban J connectivity index is 2.44. The zero-order chi connectivity index (χ0) is 15.6. The third-order valence-corrected chi connectivity index (χ3v) is 4.81. The molecule has 2 N–H and O–H groups in total. The fraction of sp³-hybridized carbons (Fsp3) is 0.143. The third kappa shape index (κ3) is 3.46. The normalized spacial score (nSPS) is 11.4. The second-order valence-electron chi connectivity index (χ2n) is 4.41. The van der Waals surface area contributed by atoms with Gasteiger partial charge in [0.15, 0.2) is 9.84 Å². The van der Waals surface area contributed by atoms with Gasteiger partial charge in [-0.1, -0.05) is 11.6 Å². The monoisotopic (exact) mass is 329 g/mol. The zero-order valence-corrected chi connectivity index (χ0v) is 12.7. The Morgan fingerprint density at radius 1 is 1.24 bits per heavy atom. The number of sulfone groups is 1. The molecule has 0 radical (unpaired) electrons. The first-order valence-corrected chi connectivity index (χ1v) is 7.96. The van der Waals surface area contributed by atoms with Crippen molar-refractivity contribution in [1.82, 2.24) is 0 Å². The van der Waals surface area contributed by atoms with Gasteiger partial charge in [0.05, 0.1) is 12.9 Å². The van der Waals surface area contributed by atoms with Crippen molar-refractivity contribution in [3.8, 4) is 5.75 Å². The third-order valence-electron chi connectivity index (χ3n) is 2.88. The average molecular weight is 330 g/mol. The highest BCUT2D eigenvalue weighted by atomic mass is 35.5.